The van der Waals surface area contributed by atoms with Crippen molar-refractivity contribution in [1.82, 2.24) is 27.4 Å². The molecule has 0 saturated carbocycles. The van der Waals surface area contributed by atoms with Crippen LogP contribution in [0.1, 0.15) is 0 Å². The molecule has 0 amide bonds. The first-order valence-electron chi connectivity index (χ1n) is 51.6. The first kappa shape index (κ1) is 87.8. The van der Waals surface area contributed by atoms with Crippen molar-refractivity contribution in [2.45, 2.75) is 0 Å². The highest BCUT2D eigenvalue weighted by atomic mass is 15.0. The first-order valence-corrected chi connectivity index (χ1v) is 51.6. The van der Waals surface area contributed by atoms with Crippen molar-refractivity contribution in [3.05, 3.63) is 582 Å². The lowest BCUT2D eigenvalue weighted by atomic mass is 9.99. The maximum absolute atomic E-state index is 2.41. The maximum atomic E-state index is 2.41. The third-order valence-corrected chi connectivity index (χ3v) is 30.4. The van der Waals surface area contributed by atoms with Gasteiger partial charge in [0.2, 0.25) is 0 Å². The molecule has 6 nitrogen and oxygen atoms in total. The molecule has 0 fully saturated rings. The predicted molar refractivity (Wildman–Crippen MR) is 634 cm³/mol. The number of benzene rings is 24. The van der Waals surface area contributed by atoms with Crippen molar-refractivity contribution >= 4 is 131 Å². The zero-order valence-electron chi connectivity index (χ0n) is 82.1. The number of nitrogens with zero attached hydrogens (tertiary/aromatic N) is 6. The van der Waals surface area contributed by atoms with Gasteiger partial charge in [0.25, 0.3) is 0 Å². The van der Waals surface area contributed by atoms with E-state index in [2.05, 4.69) is 610 Å². The second kappa shape index (κ2) is 37.4. The maximum Gasteiger partial charge on any atom is 0.0541 e. The lowest BCUT2D eigenvalue weighted by molar-refractivity contribution is 1.18. The fourth-order valence-corrected chi connectivity index (χ4v) is 23.2. The Hall–Kier alpha value is -19.9. The SMILES string of the molecule is c1ccc(-c2ccc(-n3c4ccc(-c5ccccc5)cc4c4cc(-c5ccc6c(c5)c5ccccc5n6-c5ccccc5)ccc43)cc2)cc1.c1ccc(-c2ccc(-n3c4ccccc4c4cc(-c5ccc6c(c5)c5cc(-c7ccccc7)ccc5n6-c5ccccc5)ccc43)cc2)cc1.c1ccc(-c2cccc(-n3c4ccccc4c4cc(-c5ccc6c(c5)c5cc(-c7ccccc7)ccc5n6-c5ccccc5)ccc43)c2)cc1. The molecule has 0 aliphatic rings. The van der Waals surface area contributed by atoms with Crippen LogP contribution in [0.5, 0.6) is 0 Å². The molecule has 0 radical (unpaired) electrons. The van der Waals surface area contributed by atoms with Gasteiger partial charge in [-0.05, 0) is 300 Å². The highest BCUT2D eigenvalue weighted by molar-refractivity contribution is 6.18. The molecule has 30 rings (SSSR count). The van der Waals surface area contributed by atoms with Gasteiger partial charge < -0.3 is 27.4 Å². The van der Waals surface area contributed by atoms with Gasteiger partial charge in [-0.3, -0.25) is 0 Å². The second-order valence-corrected chi connectivity index (χ2v) is 39.0. The molecule has 0 aliphatic heterocycles. The number of aromatic nitrogens is 6. The molecular weight excluding hydrogens is 1810 g/mol. The minimum atomic E-state index is 1.15. The van der Waals surface area contributed by atoms with E-state index in [0.29, 0.717) is 0 Å². The van der Waals surface area contributed by atoms with Gasteiger partial charge in [0.1, 0.15) is 0 Å². The smallest absolute Gasteiger partial charge is 0.0541 e. The summed E-state index contributed by atoms with van der Waals surface area (Å²) >= 11 is 0. The summed E-state index contributed by atoms with van der Waals surface area (Å²) < 4.78 is 14.4. The van der Waals surface area contributed by atoms with Crippen molar-refractivity contribution < 1.29 is 0 Å². The van der Waals surface area contributed by atoms with Crippen LogP contribution in [0, 0.1) is 0 Å². The standard InChI is InChI=1S/3C48H32N2/c1-4-13-33(14-5-1)35-17-12-20-40(29-35)50-45-22-11-10-21-41(45)42-31-37(24-27-46(42)50)38-25-28-48-44(32-38)43-30-36(34-15-6-2-7-16-34)23-26-47(43)49(48)39-18-8-3-9-19-39;1-4-12-33(13-5-1)35-20-25-40(26-21-35)50-45-19-11-10-18-41(45)42-31-37(23-28-46(42)50)38-24-29-48-44(32-38)43-30-36(34-14-6-2-7-15-34)22-27-47(43)49(48)39-16-8-3-9-17-39;1-4-12-33(13-5-1)35-20-25-40(26-21-35)50-47-27-22-36(34-14-6-2-7-15-34)30-43(47)44-32-38(24-29-48(44)50)37-23-28-46-42(31-37)41-18-10-11-19-45(41)49(46)39-16-8-3-9-17-39/h3*1-32H. The fraction of sp³-hybridized carbons (Fsp3) is 0. The van der Waals surface area contributed by atoms with Crippen LogP contribution in [-0.2, 0) is 0 Å². The van der Waals surface area contributed by atoms with Crippen molar-refractivity contribution in [3.63, 3.8) is 0 Å². The zero-order valence-corrected chi connectivity index (χ0v) is 82.1. The van der Waals surface area contributed by atoms with Gasteiger partial charge in [0.05, 0.1) is 66.2 Å². The van der Waals surface area contributed by atoms with Gasteiger partial charge in [0, 0.05) is 98.8 Å². The van der Waals surface area contributed by atoms with Gasteiger partial charge >= 0.3 is 0 Å². The van der Waals surface area contributed by atoms with E-state index in [9.17, 15) is 0 Å². The summed E-state index contributed by atoms with van der Waals surface area (Å²) in [4.78, 5) is 0. The molecule has 6 heteroatoms. The highest BCUT2D eigenvalue weighted by Crippen LogP contribution is 2.47. The minimum Gasteiger partial charge on any atom is -0.309 e. The van der Waals surface area contributed by atoms with Crippen LogP contribution in [0.3, 0.4) is 0 Å². The fourth-order valence-electron chi connectivity index (χ4n) is 23.2. The molecule has 24 aromatic carbocycles. The van der Waals surface area contributed by atoms with Crippen LogP contribution < -0.4 is 0 Å². The molecule has 0 saturated heterocycles. The van der Waals surface area contributed by atoms with Crippen LogP contribution in [0.2, 0.25) is 0 Å². The molecule has 0 atom stereocenters. The Kier molecular flexibility index (Phi) is 21.9. The number of rotatable bonds is 15. The van der Waals surface area contributed by atoms with E-state index < -0.39 is 0 Å². The Bertz CT molecular complexity index is 10400. The van der Waals surface area contributed by atoms with Crippen molar-refractivity contribution in [3.8, 4) is 134 Å². The summed E-state index contributed by atoms with van der Waals surface area (Å²) in [5.74, 6) is 0. The largest absolute Gasteiger partial charge is 0.309 e. The van der Waals surface area contributed by atoms with Crippen LogP contribution in [0.4, 0.5) is 0 Å². The Morgan fingerprint density at radius 1 is 0.0733 bits per heavy atom. The highest BCUT2D eigenvalue weighted by Gasteiger charge is 2.24. The van der Waals surface area contributed by atoms with Gasteiger partial charge in [0.15, 0.2) is 0 Å². The van der Waals surface area contributed by atoms with E-state index in [-0.39, 0.29) is 0 Å². The molecule has 0 N–H and O–H groups in total. The van der Waals surface area contributed by atoms with E-state index in [4.69, 9.17) is 0 Å². The van der Waals surface area contributed by atoms with E-state index in [1.807, 2.05) is 0 Å². The summed E-state index contributed by atoms with van der Waals surface area (Å²) in [6.45, 7) is 0. The number of hydrogen-bond acceptors (Lipinski definition) is 0. The molecule has 0 unspecified atom stereocenters. The van der Waals surface area contributed by atoms with Crippen LogP contribution in [0.15, 0.2) is 582 Å². The second-order valence-electron chi connectivity index (χ2n) is 39.0. The number of hydrogen-bond donors (Lipinski definition) is 0. The van der Waals surface area contributed by atoms with Crippen molar-refractivity contribution in [2.24, 2.45) is 0 Å². The Labute approximate surface area is 868 Å². The van der Waals surface area contributed by atoms with Crippen LogP contribution >= 0.6 is 0 Å². The van der Waals surface area contributed by atoms with Gasteiger partial charge in [-0.25, -0.2) is 0 Å². The Morgan fingerprint density at radius 3 is 0.433 bits per heavy atom. The normalized spacial score (nSPS) is 11.6. The average molecular weight is 1910 g/mol. The molecule has 6 aromatic heterocycles. The summed E-state index contributed by atoms with van der Waals surface area (Å²) in [7, 11) is 0. The number of fused-ring (bicyclic) bond motifs is 18. The molecule has 0 aliphatic carbocycles. The third kappa shape index (κ3) is 15.6. The Morgan fingerprint density at radius 2 is 0.207 bits per heavy atom. The lowest BCUT2D eigenvalue weighted by Gasteiger charge is -2.11. The van der Waals surface area contributed by atoms with E-state index in [1.54, 1.807) is 0 Å². The first-order chi connectivity index (χ1) is 74.4. The molecular formula is C144H96N6. The molecule has 150 heavy (non-hydrogen) atoms. The topological polar surface area (TPSA) is 29.6 Å². The average Bonchev–Trinajstić information content (AvgIpc) is 1.58. The molecule has 6 heterocycles. The zero-order chi connectivity index (χ0) is 99.1. The van der Waals surface area contributed by atoms with Gasteiger partial charge in [-0.1, -0.05) is 382 Å². The number of para-hydroxylation sites is 6. The molecule has 0 bridgehead atoms. The van der Waals surface area contributed by atoms with Gasteiger partial charge in [-0.2, -0.15) is 0 Å². The summed E-state index contributed by atoms with van der Waals surface area (Å²) in [5.41, 5.74) is 43.4. The molecule has 0 spiro atoms. The van der Waals surface area contributed by atoms with Crippen LogP contribution in [-0.4, -0.2) is 27.4 Å². The van der Waals surface area contributed by atoms with E-state index in [1.165, 1.54) is 248 Å². The third-order valence-electron chi connectivity index (χ3n) is 30.4. The Balaban J connectivity index is 0.000000108. The van der Waals surface area contributed by atoms with Crippen molar-refractivity contribution in [1.29, 1.82) is 0 Å². The van der Waals surface area contributed by atoms with Crippen molar-refractivity contribution in [2.75, 3.05) is 0 Å². The van der Waals surface area contributed by atoms with E-state index in [0.717, 1.165) is 17.1 Å². The summed E-state index contributed by atoms with van der Waals surface area (Å²) in [5, 5.41) is 15.0. The molecule has 702 valence electrons. The lowest BCUT2D eigenvalue weighted by Crippen LogP contribution is -1.94. The quantitative estimate of drug-likeness (QED) is 0.0979. The predicted octanol–water partition coefficient (Wildman–Crippen LogP) is 38.6. The van der Waals surface area contributed by atoms with Crippen LogP contribution in [0.25, 0.3) is 265 Å². The minimum absolute atomic E-state index is 1.15. The van der Waals surface area contributed by atoms with E-state index >= 15 is 0 Å². The molecule has 30 aromatic rings. The van der Waals surface area contributed by atoms with Gasteiger partial charge in [-0.15, -0.1) is 0 Å². The summed E-state index contributed by atoms with van der Waals surface area (Å²) in [6, 6.07) is 211. The monoisotopic (exact) mass is 1910 g/mol. The summed E-state index contributed by atoms with van der Waals surface area (Å²) in [6.07, 6.45) is 0.